The molecule has 0 saturated carbocycles. The van der Waals surface area contributed by atoms with Crippen molar-refractivity contribution >= 4 is 28.1 Å². The zero-order valence-electron chi connectivity index (χ0n) is 9.58. The summed E-state index contributed by atoms with van der Waals surface area (Å²) in [4.78, 5) is 21.3. The van der Waals surface area contributed by atoms with Gasteiger partial charge in [0.2, 0.25) is 10.9 Å². The second-order valence-corrected chi connectivity index (χ2v) is 4.69. The number of amides is 1. The highest BCUT2D eigenvalue weighted by atomic mass is 32.1. The molecule has 1 amide bonds. The molecule has 0 aliphatic heterocycles. The lowest BCUT2D eigenvalue weighted by Crippen LogP contribution is -2.12. The van der Waals surface area contributed by atoms with Crippen molar-refractivity contribution in [3.63, 3.8) is 0 Å². The number of aromatic nitrogens is 2. The molecule has 0 saturated heterocycles. The molecular weight excluding hydrogens is 275 g/mol. The van der Waals surface area contributed by atoms with Crippen molar-refractivity contribution in [2.45, 2.75) is 6.92 Å². The van der Waals surface area contributed by atoms with Crippen LogP contribution in [0.4, 0.5) is 15.2 Å². The van der Waals surface area contributed by atoms with Crippen LogP contribution in [0.5, 0.6) is 0 Å². The minimum absolute atomic E-state index is 0.0315. The number of aryl methyl sites for hydroxylation is 1. The molecule has 0 atom stereocenters. The lowest BCUT2D eigenvalue weighted by molar-refractivity contribution is -0.387. The number of nitrogens with zero attached hydrogens (tertiary/aromatic N) is 3. The van der Waals surface area contributed by atoms with E-state index in [-0.39, 0.29) is 10.7 Å². The first-order valence-corrected chi connectivity index (χ1v) is 5.84. The van der Waals surface area contributed by atoms with Crippen LogP contribution in [0.1, 0.15) is 15.4 Å². The maximum atomic E-state index is 13.4. The fourth-order valence-electron chi connectivity index (χ4n) is 1.31. The number of nitro benzene ring substituents is 1. The molecule has 2 rings (SSSR count). The van der Waals surface area contributed by atoms with E-state index in [1.165, 1.54) is 17.4 Å². The highest BCUT2D eigenvalue weighted by Gasteiger charge is 2.17. The number of halogens is 1. The van der Waals surface area contributed by atoms with Gasteiger partial charge in [0.1, 0.15) is 5.01 Å². The summed E-state index contributed by atoms with van der Waals surface area (Å²) in [7, 11) is 0. The molecule has 2 aromatic rings. The van der Waals surface area contributed by atoms with Gasteiger partial charge >= 0.3 is 5.69 Å². The average molecular weight is 282 g/mol. The van der Waals surface area contributed by atoms with E-state index in [9.17, 15) is 19.3 Å². The summed E-state index contributed by atoms with van der Waals surface area (Å²) in [5.74, 6) is -1.67. The van der Waals surface area contributed by atoms with E-state index in [2.05, 4.69) is 15.5 Å². The number of benzene rings is 1. The third-order valence-corrected chi connectivity index (χ3v) is 2.91. The Labute approximate surface area is 110 Å². The van der Waals surface area contributed by atoms with Crippen LogP contribution < -0.4 is 5.32 Å². The van der Waals surface area contributed by atoms with Crippen LogP contribution in [0.25, 0.3) is 0 Å². The molecule has 9 heteroatoms. The largest absolute Gasteiger partial charge is 0.304 e. The molecule has 98 valence electrons. The smallest absolute Gasteiger partial charge is 0.296 e. The Kier molecular flexibility index (Phi) is 3.47. The molecule has 0 bridgehead atoms. The molecule has 1 heterocycles. The summed E-state index contributed by atoms with van der Waals surface area (Å²) in [5.41, 5.74) is -0.709. The van der Waals surface area contributed by atoms with E-state index < -0.39 is 22.3 Å². The predicted octanol–water partition coefficient (Wildman–Crippen LogP) is 2.15. The van der Waals surface area contributed by atoms with Crippen molar-refractivity contribution in [1.82, 2.24) is 10.2 Å². The van der Waals surface area contributed by atoms with E-state index in [0.717, 1.165) is 12.1 Å². The third-order valence-electron chi connectivity index (χ3n) is 2.15. The summed E-state index contributed by atoms with van der Waals surface area (Å²) in [6, 6.07) is 2.92. The van der Waals surface area contributed by atoms with Gasteiger partial charge < -0.3 is 0 Å². The number of hydrogen-bond acceptors (Lipinski definition) is 6. The number of rotatable bonds is 3. The zero-order chi connectivity index (χ0) is 14.0. The molecular formula is C10H7FN4O3S. The van der Waals surface area contributed by atoms with Crippen molar-refractivity contribution in [3.8, 4) is 0 Å². The Morgan fingerprint density at radius 2 is 2.21 bits per heavy atom. The van der Waals surface area contributed by atoms with Crippen LogP contribution in [0.3, 0.4) is 0 Å². The first-order valence-electron chi connectivity index (χ1n) is 5.03. The second kappa shape index (κ2) is 5.06. The van der Waals surface area contributed by atoms with E-state index in [1.807, 2.05) is 0 Å². The Morgan fingerprint density at radius 3 is 2.74 bits per heavy atom. The number of carbonyl (C=O) groups excluding carboxylic acids is 1. The molecule has 7 nitrogen and oxygen atoms in total. The molecule has 0 aliphatic carbocycles. The molecule has 0 spiro atoms. The van der Waals surface area contributed by atoms with E-state index >= 15 is 0 Å². The molecule has 0 radical (unpaired) electrons. The minimum Gasteiger partial charge on any atom is -0.296 e. The van der Waals surface area contributed by atoms with Gasteiger partial charge in [-0.05, 0) is 19.1 Å². The lowest BCUT2D eigenvalue weighted by atomic mass is 10.2. The van der Waals surface area contributed by atoms with Crippen molar-refractivity contribution in [3.05, 3.63) is 44.7 Å². The van der Waals surface area contributed by atoms with Crippen molar-refractivity contribution in [2.75, 3.05) is 5.32 Å². The fourth-order valence-corrected chi connectivity index (χ4v) is 1.90. The van der Waals surface area contributed by atoms with Gasteiger partial charge in [0, 0.05) is 11.6 Å². The molecule has 1 aromatic heterocycles. The fraction of sp³-hybridized carbons (Fsp3) is 0.100. The van der Waals surface area contributed by atoms with Gasteiger partial charge in [0.05, 0.1) is 4.92 Å². The maximum absolute atomic E-state index is 13.4. The summed E-state index contributed by atoms with van der Waals surface area (Å²) >= 11 is 1.17. The Hall–Kier alpha value is -2.42. The second-order valence-electron chi connectivity index (χ2n) is 3.50. The quantitative estimate of drug-likeness (QED) is 0.687. The Balaban J connectivity index is 2.20. The maximum Gasteiger partial charge on any atom is 0.304 e. The Morgan fingerprint density at radius 1 is 1.47 bits per heavy atom. The van der Waals surface area contributed by atoms with Crippen LogP contribution in [0.15, 0.2) is 18.2 Å². The van der Waals surface area contributed by atoms with Gasteiger partial charge in [-0.3, -0.25) is 20.2 Å². The molecule has 0 aliphatic rings. The summed E-state index contributed by atoms with van der Waals surface area (Å²) < 4.78 is 13.4. The minimum atomic E-state index is -1.06. The van der Waals surface area contributed by atoms with Crippen molar-refractivity contribution in [2.24, 2.45) is 0 Å². The molecule has 0 unspecified atom stereocenters. The topological polar surface area (TPSA) is 98.0 Å². The van der Waals surface area contributed by atoms with Crippen molar-refractivity contribution < 1.29 is 14.1 Å². The van der Waals surface area contributed by atoms with Crippen LogP contribution >= 0.6 is 11.3 Å². The number of hydrogen-bond donors (Lipinski definition) is 1. The van der Waals surface area contributed by atoms with Gasteiger partial charge in [0.25, 0.3) is 5.91 Å². The Bertz CT molecular complexity index is 658. The number of anilines is 1. The third kappa shape index (κ3) is 2.88. The summed E-state index contributed by atoms with van der Waals surface area (Å²) in [6.45, 7) is 1.72. The average Bonchev–Trinajstić information content (AvgIpc) is 2.74. The van der Waals surface area contributed by atoms with Crippen LogP contribution in [0, 0.1) is 22.9 Å². The number of nitrogens with one attached hydrogen (secondary N) is 1. The van der Waals surface area contributed by atoms with E-state index in [0.29, 0.717) is 5.01 Å². The van der Waals surface area contributed by atoms with E-state index in [1.54, 1.807) is 6.92 Å². The van der Waals surface area contributed by atoms with Crippen LogP contribution in [0.2, 0.25) is 0 Å². The predicted molar refractivity (Wildman–Crippen MR) is 65.7 cm³/mol. The molecule has 1 aromatic carbocycles. The van der Waals surface area contributed by atoms with Gasteiger partial charge in [-0.15, -0.1) is 10.2 Å². The normalized spacial score (nSPS) is 10.2. The van der Waals surface area contributed by atoms with Gasteiger partial charge in [0.15, 0.2) is 0 Å². The molecule has 1 N–H and O–H groups in total. The molecule has 0 fully saturated rings. The van der Waals surface area contributed by atoms with Crippen LogP contribution in [-0.2, 0) is 0 Å². The first kappa shape index (κ1) is 13.0. The highest BCUT2D eigenvalue weighted by Crippen LogP contribution is 2.19. The SMILES string of the molecule is Cc1nnc(NC(=O)c2ccc([N+](=O)[O-])c(F)c2)s1. The molecule has 19 heavy (non-hydrogen) atoms. The number of carbonyl (C=O) groups is 1. The summed E-state index contributed by atoms with van der Waals surface area (Å²) in [6.07, 6.45) is 0. The van der Waals surface area contributed by atoms with Gasteiger partial charge in [-0.25, -0.2) is 0 Å². The lowest BCUT2D eigenvalue weighted by Gasteiger charge is -2.01. The number of nitro groups is 1. The van der Waals surface area contributed by atoms with Gasteiger partial charge in [-0.1, -0.05) is 11.3 Å². The van der Waals surface area contributed by atoms with Crippen molar-refractivity contribution in [1.29, 1.82) is 0 Å². The van der Waals surface area contributed by atoms with Crippen LogP contribution in [-0.4, -0.2) is 21.0 Å². The monoisotopic (exact) mass is 282 g/mol. The highest BCUT2D eigenvalue weighted by molar-refractivity contribution is 7.15. The summed E-state index contributed by atoms with van der Waals surface area (Å²) in [5, 5.41) is 21.2. The van der Waals surface area contributed by atoms with Gasteiger partial charge in [-0.2, -0.15) is 4.39 Å². The zero-order valence-corrected chi connectivity index (χ0v) is 10.4. The first-order chi connectivity index (χ1) is 8.97. The standard InChI is InChI=1S/C10H7FN4O3S/c1-5-13-14-10(19-5)12-9(16)6-2-3-8(15(17)18)7(11)4-6/h2-4H,1H3,(H,12,14,16). The van der Waals surface area contributed by atoms with E-state index in [4.69, 9.17) is 0 Å².